The molecule has 1 N–H and O–H groups in total. The van der Waals surface area contributed by atoms with Crippen LogP contribution in [0.25, 0.3) is 10.9 Å². The maximum absolute atomic E-state index is 6.09. The van der Waals surface area contributed by atoms with Gasteiger partial charge in [0.05, 0.1) is 16.9 Å². The second kappa shape index (κ2) is 5.24. The van der Waals surface area contributed by atoms with Crippen molar-refractivity contribution in [2.24, 2.45) is 0 Å². The molecule has 104 valence electrons. The van der Waals surface area contributed by atoms with Crippen LogP contribution in [-0.4, -0.2) is 4.98 Å². The fraction of sp³-hybridized carbons (Fsp3) is 0.118. The lowest BCUT2D eigenvalue weighted by atomic mass is 10.1. The van der Waals surface area contributed by atoms with Crippen LogP contribution in [0.1, 0.15) is 11.3 Å². The van der Waals surface area contributed by atoms with Crippen LogP contribution < -0.4 is 5.32 Å². The first-order chi connectivity index (χ1) is 10.3. The predicted octanol–water partition coefficient (Wildman–Crippen LogP) is 5.38. The number of hydrogen-bond donors (Lipinski definition) is 1. The molecule has 4 heteroatoms. The molecule has 3 aromatic rings. The molecule has 0 unspecified atom stereocenters. The van der Waals surface area contributed by atoms with E-state index in [0.29, 0.717) is 0 Å². The molecule has 0 atom stereocenters. The van der Waals surface area contributed by atoms with Gasteiger partial charge in [0.1, 0.15) is 0 Å². The van der Waals surface area contributed by atoms with E-state index < -0.39 is 0 Å². The zero-order valence-corrected chi connectivity index (χ0v) is 12.8. The van der Waals surface area contributed by atoms with Gasteiger partial charge >= 0.3 is 0 Å². The van der Waals surface area contributed by atoms with Crippen molar-refractivity contribution >= 4 is 45.6 Å². The number of anilines is 2. The molecule has 2 nitrogen and oxygen atoms in total. The zero-order valence-electron chi connectivity index (χ0n) is 11.3. The van der Waals surface area contributed by atoms with Gasteiger partial charge in [0.2, 0.25) is 0 Å². The molecule has 0 fully saturated rings. The number of nitrogens with zero attached hydrogens (tertiary/aromatic N) is 1. The molecule has 0 saturated heterocycles. The van der Waals surface area contributed by atoms with Crippen LogP contribution >= 0.6 is 23.4 Å². The first-order valence-corrected chi connectivity index (χ1v) is 8.35. The number of pyridine rings is 1. The van der Waals surface area contributed by atoms with Crippen molar-refractivity contribution in [3.63, 3.8) is 0 Å². The van der Waals surface area contributed by atoms with Crippen molar-refractivity contribution in [2.75, 3.05) is 5.32 Å². The molecule has 0 spiro atoms. The van der Waals surface area contributed by atoms with Gasteiger partial charge in [-0.25, -0.2) is 0 Å². The lowest BCUT2D eigenvalue weighted by Gasteiger charge is -2.14. The molecule has 0 radical (unpaired) electrons. The molecule has 1 aliphatic rings. The Hall–Kier alpha value is -1.71. The number of rotatable bonds is 2. The fourth-order valence-electron chi connectivity index (χ4n) is 2.68. The standard InChI is InChI=1S/C17H13ClN2S/c18-11-4-3-5-12(8-11)19-17-13-6-1-2-7-15(13)20-16-10-21-9-14(16)17/h1-8H,9-10H2,(H,19,20). The van der Waals surface area contributed by atoms with Crippen molar-refractivity contribution in [2.45, 2.75) is 11.5 Å². The Morgan fingerprint density at radius 1 is 1.05 bits per heavy atom. The average molecular weight is 313 g/mol. The Morgan fingerprint density at radius 2 is 1.95 bits per heavy atom. The highest BCUT2D eigenvalue weighted by Gasteiger charge is 2.19. The van der Waals surface area contributed by atoms with Gasteiger partial charge in [-0.05, 0) is 24.3 Å². The third-order valence-corrected chi connectivity index (χ3v) is 4.86. The SMILES string of the molecule is Clc1cccc(Nc2c3c(nc4ccccc24)CSC3)c1. The Balaban J connectivity index is 1.90. The molecule has 0 saturated carbocycles. The molecule has 0 aliphatic carbocycles. The summed E-state index contributed by atoms with van der Waals surface area (Å²) in [6.45, 7) is 0. The number of para-hydroxylation sites is 1. The third-order valence-electron chi connectivity index (χ3n) is 3.66. The van der Waals surface area contributed by atoms with Crippen LogP contribution in [0.5, 0.6) is 0 Å². The molecule has 21 heavy (non-hydrogen) atoms. The quantitative estimate of drug-likeness (QED) is 0.687. The number of hydrogen-bond acceptors (Lipinski definition) is 3. The highest BCUT2D eigenvalue weighted by Crippen LogP contribution is 2.39. The fourth-order valence-corrected chi connectivity index (χ4v) is 3.92. The van der Waals surface area contributed by atoms with Crippen LogP contribution in [-0.2, 0) is 11.5 Å². The Kier molecular flexibility index (Phi) is 3.24. The van der Waals surface area contributed by atoms with Crippen molar-refractivity contribution in [3.05, 3.63) is 64.8 Å². The largest absolute Gasteiger partial charge is 0.355 e. The van der Waals surface area contributed by atoms with Gasteiger partial charge in [0.25, 0.3) is 0 Å². The summed E-state index contributed by atoms with van der Waals surface area (Å²) in [7, 11) is 0. The van der Waals surface area contributed by atoms with Crippen molar-refractivity contribution < 1.29 is 0 Å². The Bertz CT molecular complexity index is 832. The van der Waals surface area contributed by atoms with Crippen LogP contribution in [0.4, 0.5) is 11.4 Å². The number of benzene rings is 2. The van der Waals surface area contributed by atoms with Crippen LogP contribution in [0.2, 0.25) is 5.02 Å². The summed E-state index contributed by atoms with van der Waals surface area (Å²) in [4.78, 5) is 4.79. The highest BCUT2D eigenvalue weighted by molar-refractivity contribution is 7.98. The van der Waals surface area contributed by atoms with Gasteiger partial charge in [-0.3, -0.25) is 4.98 Å². The number of aromatic nitrogens is 1. The van der Waals surface area contributed by atoms with Crippen molar-refractivity contribution in [1.82, 2.24) is 4.98 Å². The number of halogens is 1. The maximum Gasteiger partial charge on any atom is 0.0726 e. The number of fused-ring (bicyclic) bond motifs is 2. The number of thioether (sulfide) groups is 1. The minimum atomic E-state index is 0.740. The highest BCUT2D eigenvalue weighted by atomic mass is 35.5. The predicted molar refractivity (Wildman–Crippen MR) is 91.5 cm³/mol. The summed E-state index contributed by atoms with van der Waals surface area (Å²) < 4.78 is 0. The van der Waals surface area contributed by atoms with E-state index in [2.05, 4.69) is 23.5 Å². The number of nitrogens with one attached hydrogen (secondary N) is 1. The van der Waals surface area contributed by atoms with E-state index in [1.54, 1.807) is 0 Å². The van der Waals surface area contributed by atoms with Gasteiger partial charge in [0.15, 0.2) is 0 Å². The van der Waals surface area contributed by atoms with Gasteiger partial charge in [0, 0.05) is 33.2 Å². The summed E-state index contributed by atoms with van der Waals surface area (Å²) in [6, 6.07) is 16.1. The van der Waals surface area contributed by atoms with Crippen LogP contribution in [0.3, 0.4) is 0 Å². The first kappa shape index (κ1) is 13.0. The first-order valence-electron chi connectivity index (χ1n) is 6.82. The zero-order chi connectivity index (χ0) is 14.2. The minimum absolute atomic E-state index is 0.740. The van der Waals surface area contributed by atoms with Crippen molar-refractivity contribution in [1.29, 1.82) is 0 Å². The minimum Gasteiger partial charge on any atom is -0.355 e. The monoisotopic (exact) mass is 312 g/mol. The summed E-state index contributed by atoms with van der Waals surface area (Å²) >= 11 is 8.00. The van der Waals surface area contributed by atoms with Crippen molar-refractivity contribution in [3.8, 4) is 0 Å². The third kappa shape index (κ3) is 2.37. The molecule has 4 rings (SSSR count). The molecule has 1 aliphatic heterocycles. The van der Waals surface area contributed by atoms with E-state index in [0.717, 1.165) is 27.7 Å². The van der Waals surface area contributed by atoms with E-state index in [4.69, 9.17) is 16.6 Å². The summed E-state index contributed by atoms with van der Waals surface area (Å²) in [5.74, 6) is 2.00. The van der Waals surface area contributed by atoms with E-state index in [9.17, 15) is 0 Å². The average Bonchev–Trinajstić information content (AvgIpc) is 2.95. The van der Waals surface area contributed by atoms with Gasteiger partial charge in [-0.1, -0.05) is 35.9 Å². The molecule has 1 aromatic heterocycles. The molecular formula is C17H13ClN2S. The van der Waals surface area contributed by atoms with Gasteiger partial charge in [-0.15, -0.1) is 0 Å². The second-order valence-electron chi connectivity index (χ2n) is 5.06. The molecule has 2 heterocycles. The lowest BCUT2D eigenvalue weighted by molar-refractivity contribution is 1.20. The Morgan fingerprint density at radius 3 is 2.86 bits per heavy atom. The summed E-state index contributed by atoms with van der Waals surface area (Å²) in [6.07, 6.45) is 0. The summed E-state index contributed by atoms with van der Waals surface area (Å²) in [5.41, 5.74) is 5.74. The molecular weight excluding hydrogens is 300 g/mol. The van der Waals surface area contributed by atoms with Gasteiger partial charge < -0.3 is 5.32 Å². The summed E-state index contributed by atoms with van der Waals surface area (Å²) in [5, 5.41) is 5.46. The van der Waals surface area contributed by atoms with E-state index >= 15 is 0 Å². The molecule has 2 aromatic carbocycles. The lowest BCUT2D eigenvalue weighted by Crippen LogP contribution is -1.99. The van der Waals surface area contributed by atoms with Crippen LogP contribution in [0, 0.1) is 0 Å². The van der Waals surface area contributed by atoms with Gasteiger partial charge in [-0.2, -0.15) is 11.8 Å². The molecule has 0 amide bonds. The second-order valence-corrected chi connectivity index (χ2v) is 6.48. The maximum atomic E-state index is 6.09. The molecule has 0 bridgehead atoms. The van der Waals surface area contributed by atoms with Crippen LogP contribution in [0.15, 0.2) is 48.5 Å². The van der Waals surface area contributed by atoms with E-state index in [1.807, 2.05) is 42.1 Å². The van der Waals surface area contributed by atoms with E-state index in [1.165, 1.54) is 22.3 Å². The smallest absolute Gasteiger partial charge is 0.0726 e. The normalized spacial score (nSPS) is 13.4. The topological polar surface area (TPSA) is 24.9 Å². The Labute approximate surface area is 132 Å². The van der Waals surface area contributed by atoms with E-state index in [-0.39, 0.29) is 0 Å².